The molecule has 22 heavy (non-hydrogen) atoms. The van der Waals surface area contributed by atoms with Gasteiger partial charge in [0.05, 0.1) is 5.56 Å². The van der Waals surface area contributed by atoms with Crippen molar-refractivity contribution in [1.82, 2.24) is 10.3 Å². The Morgan fingerprint density at radius 1 is 1.09 bits per heavy atom. The molecule has 0 unspecified atom stereocenters. The SMILES string of the molecule is O=C(COC(=O)c1ccncc1)NCCc1ccc(F)cc1. The Bertz CT molecular complexity index is 630. The van der Waals surface area contributed by atoms with Gasteiger partial charge in [-0.1, -0.05) is 12.1 Å². The lowest BCUT2D eigenvalue weighted by atomic mass is 10.1. The summed E-state index contributed by atoms with van der Waals surface area (Å²) in [5.74, 6) is -1.25. The number of amides is 1. The van der Waals surface area contributed by atoms with E-state index in [4.69, 9.17) is 4.74 Å². The molecule has 0 saturated heterocycles. The van der Waals surface area contributed by atoms with Gasteiger partial charge in [0.25, 0.3) is 5.91 Å². The lowest BCUT2D eigenvalue weighted by Crippen LogP contribution is -2.30. The van der Waals surface area contributed by atoms with Gasteiger partial charge in [-0.25, -0.2) is 9.18 Å². The van der Waals surface area contributed by atoms with Crippen LogP contribution in [-0.4, -0.2) is 30.0 Å². The van der Waals surface area contributed by atoms with Crippen molar-refractivity contribution < 1.29 is 18.7 Å². The fourth-order valence-corrected chi connectivity index (χ4v) is 1.75. The zero-order valence-corrected chi connectivity index (χ0v) is 11.8. The first kappa shape index (κ1) is 15.6. The predicted octanol–water partition coefficient (Wildman–Crippen LogP) is 1.74. The third-order valence-corrected chi connectivity index (χ3v) is 2.90. The molecule has 6 heteroatoms. The lowest BCUT2D eigenvalue weighted by molar-refractivity contribution is -0.124. The van der Waals surface area contributed by atoms with E-state index < -0.39 is 5.97 Å². The van der Waals surface area contributed by atoms with Gasteiger partial charge in [0, 0.05) is 18.9 Å². The second kappa shape index (κ2) is 7.87. The number of benzene rings is 1. The van der Waals surface area contributed by atoms with Crippen molar-refractivity contribution in [2.75, 3.05) is 13.2 Å². The molecule has 1 N–H and O–H groups in total. The first-order valence-corrected chi connectivity index (χ1v) is 6.73. The van der Waals surface area contributed by atoms with E-state index in [9.17, 15) is 14.0 Å². The molecule has 1 heterocycles. The molecule has 0 atom stereocenters. The summed E-state index contributed by atoms with van der Waals surface area (Å²) in [6.07, 6.45) is 3.52. The van der Waals surface area contributed by atoms with Crippen molar-refractivity contribution >= 4 is 11.9 Å². The number of carbonyl (C=O) groups is 2. The minimum Gasteiger partial charge on any atom is -0.452 e. The molecule has 0 aliphatic rings. The number of ether oxygens (including phenoxy) is 1. The van der Waals surface area contributed by atoms with Crippen LogP contribution in [0, 0.1) is 5.82 Å². The third-order valence-electron chi connectivity index (χ3n) is 2.90. The zero-order chi connectivity index (χ0) is 15.8. The Morgan fingerprint density at radius 3 is 2.45 bits per heavy atom. The fraction of sp³-hybridized carbons (Fsp3) is 0.188. The van der Waals surface area contributed by atoms with Crippen LogP contribution < -0.4 is 5.32 Å². The number of rotatable bonds is 6. The van der Waals surface area contributed by atoms with Crippen molar-refractivity contribution in [2.45, 2.75) is 6.42 Å². The van der Waals surface area contributed by atoms with Crippen molar-refractivity contribution in [3.63, 3.8) is 0 Å². The van der Waals surface area contributed by atoms with Crippen molar-refractivity contribution in [3.05, 3.63) is 65.7 Å². The van der Waals surface area contributed by atoms with Crippen LogP contribution in [0.4, 0.5) is 4.39 Å². The van der Waals surface area contributed by atoms with Gasteiger partial charge in [-0.2, -0.15) is 0 Å². The van der Waals surface area contributed by atoms with Crippen molar-refractivity contribution in [2.24, 2.45) is 0 Å². The standard InChI is InChI=1S/C16H15FN2O3/c17-14-3-1-12(2-4-14)5-10-19-15(20)11-22-16(21)13-6-8-18-9-7-13/h1-4,6-9H,5,10-11H2,(H,19,20). The van der Waals surface area contributed by atoms with Crippen LogP contribution in [0.3, 0.4) is 0 Å². The van der Waals surface area contributed by atoms with Gasteiger partial charge >= 0.3 is 5.97 Å². The maximum Gasteiger partial charge on any atom is 0.338 e. The molecule has 2 rings (SSSR count). The van der Waals surface area contributed by atoms with E-state index in [0.29, 0.717) is 18.5 Å². The number of esters is 1. The number of aromatic nitrogens is 1. The second-order valence-corrected chi connectivity index (χ2v) is 4.54. The molecule has 0 bridgehead atoms. The Kier molecular flexibility index (Phi) is 5.59. The van der Waals surface area contributed by atoms with Crippen LogP contribution in [0.1, 0.15) is 15.9 Å². The molecule has 0 aliphatic heterocycles. The summed E-state index contributed by atoms with van der Waals surface area (Å²) in [6, 6.07) is 9.07. The van der Waals surface area contributed by atoms with Crippen LogP contribution >= 0.6 is 0 Å². The fourth-order valence-electron chi connectivity index (χ4n) is 1.75. The zero-order valence-electron chi connectivity index (χ0n) is 11.8. The van der Waals surface area contributed by atoms with E-state index in [-0.39, 0.29) is 18.3 Å². The number of pyridine rings is 1. The summed E-state index contributed by atoms with van der Waals surface area (Å²) in [5.41, 5.74) is 1.25. The number of nitrogens with one attached hydrogen (secondary N) is 1. The van der Waals surface area contributed by atoms with Crippen molar-refractivity contribution in [3.8, 4) is 0 Å². The Morgan fingerprint density at radius 2 is 1.77 bits per heavy atom. The molecular weight excluding hydrogens is 287 g/mol. The molecule has 0 radical (unpaired) electrons. The quantitative estimate of drug-likeness (QED) is 0.825. The Balaban J connectivity index is 1.68. The topological polar surface area (TPSA) is 68.3 Å². The van der Waals surface area contributed by atoms with Crippen LogP contribution in [0.25, 0.3) is 0 Å². The normalized spacial score (nSPS) is 10.0. The minimum atomic E-state index is -0.573. The van der Waals surface area contributed by atoms with E-state index >= 15 is 0 Å². The highest BCUT2D eigenvalue weighted by Crippen LogP contribution is 2.03. The summed E-state index contributed by atoms with van der Waals surface area (Å²) in [4.78, 5) is 27.0. The minimum absolute atomic E-state index is 0.296. The summed E-state index contributed by atoms with van der Waals surface area (Å²) in [7, 11) is 0. The van der Waals surface area contributed by atoms with Gasteiger partial charge in [-0.3, -0.25) is 9.78 Å². The average molecular weight is 302 g/mol. The number of carbonyl (C=O) groups excluding carboxylic acids is 2. The first-order valence-electron chi connectivity index (χ1n) is 6.73. The van der Waals surface area contributed by atoms with Gasteiger partial charge in [0.15, 0.2) is 6.61 Å². The summed E-state index contributed by atoms with van der Waals surface area (Å²) in [6.45, 7) is 0.0435. The summed E-state index contributed by atoms with van der Waals surface area (Å²) >= 11 is 0. The highest BCUT2D eigenvalue weighted by molar-refractivity contribution is 5.91. The lowest BCUT2D eigenvalue weighted by Gasteiger charge is -2.06. The Labute approximate surface area is 127 Å². The molecule has 2 aromatic rings. The molecule has 1 amide bonds. The van der Waals surface area contributed by atoms with E-state index in [1.807, 2.05) is 0 Å². The van der Waals surface area contributed by atoms with E-state index in [1.54, 1.807) is 12.1 Å². The number of hydrogen-bond acceptors (Lipinski definition) is 4. The van der Waals surface area contributed by atoms with Crippen molar-refractivity contribution in [1.29, 1.82) is 0 Å². The highest BCUT2D eigenvalue weighted by atomic mass is 19.1. The molecule has 0 fully saturated rings. The van der Waals surface area contributed by atoms with Gasteiger partial charge in [0.1, 0.15) is 5.82 Å². The maximum atomic E-state index is 12.7. The van der Waals surface area contributed by atoms with E-state index in [1.165, 1.54) is 36.7 Å². The number of hydrogen-bond donors (Lipinski definition) is 1. The molecule has 1 aromatic heterocycles. The van der Waals surface area contributed by atoms with Gasteiger partial charge in [-0.05, 0) is 36.2 Å². The highest BCUT2D eigenvalue weighted by Gasteiger charge is 2.09. The average Bonchev–Trinajstić information content (AvgIpc) is 2.55. The van der Waals surface area contributed by atoms with Crippen LogP contribution in [0.5, 0.6) is 0 Å². The Hall–Kier alpha value is -2.76. The molecule has 5 nitrogen and oxygen atoms in total. The second-order valence-electron chi connectivity index (χ2n) is 4.54. The number of nitrogens with zero attached hydrogens (tertiary/aromatic N) is 1. The first-order chi connectivity index (χ1) is 10.6. The monoisotopic (exact) mass is 302 g/mol. The van der Waals surface area contributed by atoms with Crippen LogP contribution in [0.15, 0.2) is 48.8 Å². The smallest absolute Gasteiger partial charge is 0.338 e. The van der Waals surface area contributed by atoms with E-state index in [2.05, 4.69) is 10.3 Å². The molecular formula is C16H15FN2O3. The predicted molar refractivity (Wildman–Crippen MR) is 77.6 cm³/mol. The molecule has 1 aromatic carbocycles. The molecule has 0 aliphatic carbocycles. The summed E-state index contributed by atoms with van der Waals surface area (Å²) < 4.78 is 17.6. The van der Waals surface area contributed by atoms with Gasteiger partial charge in [0.2, 0.25) is 0 Å². The number of halogens is 1. The van der Waals surface area contributed by atoms with Gasteiger partial charge < -0.3 is 10.1 Å². The van der Waals surface area contributed by atoms with Crippen LogP contribution in [-0.2, 0) is 16.0 Å². The molecule has 114 valence electrons. The molecule has 0 spiro atoms. The third kappa shape index (κ3) is 4.97. The van der Waals surface area contributed by atoms with E-state index in [0.717, 1.165) is 5.56 Å². The maximum absolute atomic E-state index is 12.7. The summed E-state index contributed by atoms with van der Waals surface area (Å²) in [5, 5.41) is 2.63. The largest absolute Gasteiger partial charge is 0.452 e. The molecule has 0 saturated carbocycles. The van der Waals surface area contributed by atoms with Crippen LogP contribution in [0.2, 0.25) is 0 Å². The van der Waals surface area contributed by atoms with Gasteiger partial charge in [-0.15, -0.1) is 0 Å².